The van der Waals surface area contributed by atoms with Crippen molar-refractivity contribution in [3.05, 3.63) is 33.1 Å². The van der Waals surface area contributed by atoms with Crippen LogP contribution in [0.2, 0.25) is 0 Å². The van der Waals surface area contributed by atoms with Crippen LogP contribution in [0.25, 0.3) is 0 Å². The number of nitrogens with one attached hydrogen (secondary N) is 1. The lowest BCUT2D eigenvalue weighted by molar-refractivity contribution is -0.0552. The molecular formula is C10H15F2N2O14P3. The molecule has 2 heterocycles. The van der Waals surface area contributed by atoms with Crippen LogP contribution in [0.1, 0.15) is 6.23 Å². The van der Waals surface area contributed by atoms with Crippen molar-refractivity contribution in [3.63, 3.8) is 0 Å². The lowest BCUT2D eigenvalue weighted by Crippen LogP contribution is -2.37. The summed E-state index contributed by atoms with van der Waals surface area (Å²) in [4.78, 5) is 60.0. The van der Waals surface area contributed by atoms with Gasteiger partial charge in [-0.05, 0) is 0 Å². The second-order valence-corrected chi connectivity index (χ2v) is 10.3. The molecule has 1 aliphatic rings. The molecular weight excluding hydrogens is 503 g/mol. The van der Waals surface area contributed by atoms with Crippen LogP contribution >= 0.6 is 23.5 Å². The first kappa shape index (κ1) is 26.1. The number of ether oxygens (including phenoxy) is 1. The van der Waals surface area contributed by atoms with Crippen LogP contribution in [-0.4, -0.2) is 59.5 Å². The highest BCUT2D eigenvalue weighted by Gasteiger charge is 2.51. The van der Waals surface area contributed by atoms with Crippen LogP contribution in [-0.2, 0) is 31.6 Å². The van der Waals surface area contributed by atoms with E-state index in [-0.39, 0.29) is 0 Å². The standard InChI is InChI=1S/C10H15F2N2O14P3/c11-8(12)6-4(3-25-30(21,22)28-31(23,24)27-29(18,19)20)26-9(7(6)16)14-2-1-5(15)13-10(14)17/h1-2,4,6-9,16H,3H2,(H,21,22)(H,23,24)(H,13,15,17)(H2,18,19,20)/t4-,6-,7-,9-/m1/s1. The maximum atomic E-state index is 13.4. The fourth-order valence-electron chi connectivity index (χ4n) is 2.55. The summed E-state index contributed by atoms with van der Waals surface area (Å²) in [6.45, 7) is -1.27. The molecule has 2 unspecified atom stereocenters. The van der Waals surface area contributed by atoms with E-state index in [1.165, 1.54) is 0 Å². The summed E-state index contributed by atoms with van der Waals surface area (Å²) in [7, 11) is -17.1. The zero-order chi connectivity index (χ0) is 23.8. The summed E-state index contributed by atoms with van der Waals surface area (Å²) < 4.78 is 77.1. The van der Waals surface area contributed by atoms with E-state index < -0.39 is 72.1 Å². The zero-order valence-electron chi connectivity index (χ0n) is 14.7. The molecule has 31 heavy (non-hydrogen) atoms. The lowest BCUT2D eigenvalue weighted by Gasteiger charge is -2.21. The van der Waals surface area contributed by atoms with E-state index in [1.807, 2.05) is 0 Å². The summed E-state index contributed by atoms with van der Waals surface area (Å²) in [6, 6.07) is 0.828. The molecule has 1 saturated heterocycles. The van der Waals surface area contributed by atoms with Crippen molar-refractivity contribution in [2.45, 2.75) is 24.9 Å². The first-order valence-corrected chi connectivity index (χ1v) is 12.2. The molecule has 0 amide bonds. The molecule has 6 atom stereocenters. The van der Waals surface area contributed by atoms with E-state index in [2.05, 4.69) is 13.1 Å². The number of aromatic amines is 1. The van der Waals surface area contributed by atoms with Gasteiger partial charge in [0, 0.05) is 12.3 Å². The molecule has 0 radical (unpaired) electrons. The largest absolute Gasteiger partial charge is 0.490 e. The van der Waals surface area contributed by atoms with Gasteiger partial charge in [-0.15, -0.1) is 0 Å². The normalized spacial score (nSPS) is 28.4. The summed E-state index contributed by atoms with van der Waals surface area (Å²) in [5.41, 5.74) is -1.96. The topological polar surface area (TPSA) is 244 Å². The third-order valence-corrected chi connectivity index (χ3v) is 7.47. The number of aliphatic hydroxyl groups excluding tert-OH is 1. The Labute approximate surface area is 169 Å². The molecule has 0 aliphatic carbocycles. The Morgan fingerprint density at radius 1 is 1.13 bits per heavy atom. The van der Waals surface area contributed by atoms with Crippen LogP contribution in [0.5, 0.6) is 0 Å². The van der Waals surface area contributed by atoms with Gasteiger partial charge in [0.05, 0.1) is 18.6 Å². The highest BCUT2D eigenvalue weighted by atomic mass is 31.3. The van der Waals surface area contributed by atoms with Crippen LogP contribution in [0.4, 0.5) is 8.78 Å². The summed E-state index contributed by atoms with van der Waals surface area (Å²) in [5, 5.41) is 10.1. The Kier molecular flexibility index (Phi) is 7.91. The van der Waals surface area contributed by atoms with Crippen LogP contribution in [0.15, 0.2) is 21.9 Å². The van der Waals surface area contributed by atoms with E-state index in [9.17, 15) is 42.1 Å². The molecule has 1 fully saturated rings. The average Bonchev–Trinajstić information content (AvgIpc) is 2.86. The van der Waals surface area contributed by atoms with Gasteiger partial charge in [-0.1, -0.05) is 0 Å². The number of aliphatic hydroxyl groups is 1. The molecule has 178 valence electrons. The van der Waals surface area contributed by atoms with Gasteiger partial charge in [-0.3, -0.25) is 18.9 Å². The number of nitrogens with zero attached hydrogens (tertiary/aromatic N) is 1. The lowest BCUT2D eigenvalue weighted by atomic mass is 9.99. The minimum atomic E-state index is -5.83. The van der Waals surface area contributed by atoms with Crippen molar-refractivity contribution in [1.29, 1.82) is 0 Å². The fourth-order valence-corrected chi connectivity index (χ4v) is 5.58. The second kappa shape index (κ2) is 9.39. The smallest absolute Gasteiger partial charge is 0.388 e. The van der Waals surface area contributed by atoms with Crippen molar-refractivity contribution in [2.75, 3.05) is 6.61 Å². The van der Waals surface area contributed by atoms with Crippen molar-refractivity contribution in [3.8, 4) is 0 Å². The van der Waals surface area contributed by atoms with Crippen molar-refractivity contribution < 1.29 is 65.0 Å². The first-order chi connectivity index (χ1) is 14.0. The second-order valence-electron chi connectivity index (χ2n) is 5.87. The minimum absolute atomic E-state index is 0.562. The van der Waals surface area contributed by atoms with E-state index >= 15 is 0 Å². The fraction of sp³-hybridized carbons (Fsp3) is 0.600. The number of hydrogen-bond acceptors (Lipinski definition) is 10. The Bertz CT molecular complexity index is 1050. The van der Waals surface area contributed by atoms with Gasteiger partial charge >= 0.3 is 29.2 Å². The molecule has 0 bridgehead atoms. The predicted octanol–water partition coefficient (Wildman–Crippen LogP) is -0.981. The number of rotatable bonds is 9. The predicted molar refractivity (Wildman–Crippen MR) is 90.6 cm³/mol. The number of phosphoric acid groups is 3. The third kappa shape index (κ3) is 7.18. The van der Waals surface area contributed by atoms with Crippen LogP contribution in [0.3, 0.4) is 0 Å². The summed E-state index contributed by atoms with van der Waals surface area (Å²) >= 11 is 0. The van der Waals surface area contributed by atoms with E-state index in [0.717, 1.165) is 12.3 Å². The van der Waals surface area contributed by atoms with Gasteiger partial charge in [0.15, 0.2) is 6.23 Å². The van der Waals surface area contributed by atoms with Gasteiger partial charge < -0.3 is 29.4 Å². The average molecular weight is 518 g/mol. The maximum absolute atomic E-state index is 13.4. The number of phosphoric ester groups is 1. The third-order valence-electron chi connectivity index (χ3n) is 3.66. The number of alkyl halides is 2. The molecule has 1 aliphatic heterocycles. The molecule has 0 saturated carbocycles. The Morgan fingerprint density at radius 3 is 2.26 bits per heavy atom. The highest BCUT2D eigenvalue weighted by Crippen LogP contribution is 2.66. The van der Waals surface area contributed by atoms with Crippen molar-refractivity contribution >= 4 is 23.5 Å². The van der Waals surface area contributed by atoms with Crippen LogP contribution in [0, 0.1) is 5.92 Å². The van der Waals surface area contributed by atoms with Crippen molar-refractivity contribution in [1.82, 2.24) is 9.55 Å². The number of H-pyrrole nitrogens is 1. The highest BCUT2D eigenvalue weighted by molar-refractivity contribution is 7.66. The molecule has 1 aromatic rings. The molecule has 0 spiro atoms. The molecule has 2 rings (SSSR count). The minimum Gasteiger partial charge on any atom is -0.388 e. The molecule has 16 nitrogen and oxygen atoms in total. The van der Waals surface area contributed by atoms with Crippen LogP contribution < -0.4 is 11.2 Å². The molecule has 0 aromatic carbocycles. The van der Waals surface area contributed by atoms with E-state index in [0.29, 0.717) is 4.57 Å². The number of hydrogen-bond donors (Lipinski definition) is 6. The summed E-state index contributed by atoms with van der Waals surface area (Å²) in [5.74, 6) is -2.10. The first-order valence-electron chi connectivity index (χ1n) is 7.73. The quantitative estimate of drug-likeness (QED) is 0.215. The van der Waals surface area contributed by atoms with Gasteiger partial charge in [0.1, 0.15) is 6.10 Å². The number of halogens is 2. The van der Waals surface area contributed by atoms with Gasteiger partial charge in [-0.25, -0.2) is 27.3 Å². The Balaban J connectivity index is 2.16. The maximum Gasteiger partial charge on any atom is 0.490 e. The Hall–Kier alpha value is -1.13. The molecule has 1 aromatic heterocycles. The molecule has 21 heteroatoms. The van der Waals surface area contributed by atoms with Gasteiger partial charge in [0.25, 0.3) is 5.56 Å². The molecule has 6 N–H and O–H groups in total. The zero-order valence-corrected chi connectivity index (χ0v) is 17.4. The SMILES string of the molecule is O=c1ccn([C@@H]2O[C@H](COP(=O)(O)OP(=O)(O)OP(=O)(O)O)[C@@H](C(F)F)[C@H]2O)c(=O)[nH]1. The summed E-state index contributed by atoms with van der Waals surface area (Å²) in [6.07, 6.45) is -8.21. The monoisotopic (exact) mass is 518 g/mol. The van der Waals surface area contributed by atoms with Crippen molar-refractivity contribution in [2.24, 2.45) is 5.92 Å². The number of aromatic nitrogens is 2. The Morgan fingerprint density at radius 2 is 1.74 bits per heavy atom. The van der Waals surface area contributed by atoms with E-state index in [4.69, 9.17) is 19.4 Å². The van der Waals surface area contributed by atoms with Gasteiger partial charge in [-0.2, -0.15) is 8.62 Å². The van der Waals surface area contributed by atoms with E-state index in [1.54, 1.807) is 4.98 Å². The van der Waals surface area contributed by atoms with Gasteiger partial charge in [0.2, 0.25) is 6.43 Å².